The van der Waals surface area contributed by atoms with Gasteiger partial charge in [0.05, 0.1) is 18.2 Å². The summed E-state index contributed by atoms with van der Waals surface area (Å²) < 4.78 is 60.6. The van der Waals surface area contributed by atoms with E-state index < -0.39 is 23.7 Å². The maximum absolute atomic E-state index is 12.9. The monoisotopic (exact) mass is 480 g/mol. The second-order valence-corrected chi connectivity index (χ2v) is 8.71. The molecule has 0 amide bonds. The van der Waals surface area contributed by atoms with Crippen molar-refractivity contribution in [1.82, 2.24) is 15.3 Å². The first-order chi connectivity index (χ1) is 16.1. The van der Waals surface area contributed by atoms with Crippen LogP contribution in [0, 0.1) is 5.92 Å². The standard InChI is InChI=1S/C22H23F3N4O5/c1-31-14-3-5-18-16(7-14)20(10-32-22(26,29-20)34-19(30)21(23,24)25)15-6-12(2-4-17(15)33-18)13-8-27-11-28-9-13/h2,4,6,8-9,11,14,16,18,29H,3,5,7,10,26H2,1H3/t14-,16-,18-,20?,22?/m0/s1. The van der Waals surface area contributed by atoms with Crippen molar-refractivity contribution < 1.29 is 36.9 Å². The number of carbonyl (C=O) groups is 1. The van der Waals surface area contributed by atoms with E-state index in [0.717, 1.165) is 17.5 Å². The lowest BCUT2D eigenvalue weighted by molar-refractivity contribution is -0.254. The number of esters is 1. The van der Waals surface area contributed by atoms with E-state index in [1.54, 1.807) is 25.6 Å². The minimum absolute atomic E-state index is 0.0821. The first-order valence-electron chi connectivity index (χ1n) is 10.8. The van der Waals surface area contributed by atoms with Gasteiger partial charge in [-0.25, -0.2) is 20.1 Å². The zero-order chi connectivity index (χ0) is 24.1. The Morgan fingerprint density at radius 3 is 2.71 bits per heavy atom. The third kappa shape index (κ3) is 3.90. The molecule has 0 bridgehead atoms. The van der Waals surface area contributed by atoms with Gasteiger partial charge in [-0.1, -0.05) is 6.07 Å². The molecule has 2 aromatic rings. The first kappa shape index (κ1) is 23.0. The molecule has 2 aliphatic heterocycles. The van der Waals surface area contributed by atoms with Crippen LogP contribution in [-0.2, 0) is 24.5 Å². The van der Waals surface area contributed by atoms with Crippen LogP contribution in [0.1, 0.15) is 24.8 Å². The molecule has 1 saturated heterocycles. The van der Waals surface area contributed by atoms with Crippen LogP contribution in [0.25, 0.3) is 11.1 Å². The van der Waals surface area contributed by atoms with Crippen molar-refractivity contribution >= 4 is 5.97 Å². The molecule has 5 rings (SSSR count). The number of methoxy groups -OCH3 is 1. The van der Waals surface area contributed by atoms with Crippen LogP contribution in [0.3, 0.4) is 0 Å². The fourth-order valence-electron chi connectivity index (χ4n) is 5.15. The summed E-state index contributed by atoms with van der Waals surface area (Å²) >= 11 is 0. The highest BCUT2D eigenvalue weighted by Crippen LogP contribution is 2.52. The van der Waals surface area contributed by atoms with Gasteiger partial charge in [0.25, 0.3) is 0 Å². The van der Waals surface area contributed by atoms with E-state index in [2.05, 4.69) is 20.0 Å². The molecular weight excluding hydrogens is 457 g/mol. The van der Waals surface area contributed by atoms with Crippen LogP contribution in [0.5, 0.6) is 5.75 Å². The Hall–Kier alpha value is -2.80. The van der Waals surface area contributed by atoms with Gasteiger partial charge in [0.2, 0.25) is 0 Å². The predicted molar refractivity (Wildman–Crippen MR) is 110 cm³/mol. The topological polar surface area (TPSA) is 118 Å². The van der Waals surface area contributed by atoms with Crippen LogP contribution in [-0.4, -0.2) is 54.1 Å². The molecule has 12 heteroatoms. The van der Waals surface area contributed by atoms with Crippen molar-refractivity contribution in [1.29, 1.82) is 0 Å². The number of hydrogen-bond donors (Lipinski definition) is 2. The van der Waals surface area contributed by atoms with E-state index in [9.17, 15) is 18.0 Å². The summed E-state index contributed by atoms with van der Waals surface area (Å²) in [5.74, 6) is -2.19. The lowest BCUT2D eigenvalue weighted by atomic mass is 9.67. The Morgan fingerprint density at radius 2 is 2.00 bits per heavy atom. The molecule has 9 nitrogen and oxygen atoms in total. The zero-order valence-electron chi connectivity index (χ0n) is 18.2. The van der Waals surface area contributed by atoms with Crippen molar-refractivity contribution in [2.45, 2.75) is 49.2 Å². The normalized spacial score (nSPS) is 32.6. The number of nitrogens with one attached hydrogen (secondary N) is 1. The predicted octanol–water partition coefficient (Wildman–Crippen LogP) is 2.21. The van der Waals surface area contributed by atoms with Crippen molar-refractivity contribution in [3.05, 3.63) is 42.5 Å². The molecule has 1 aromatic heterocycles. The average molecular weight is 480 g/mol. The Morgan fingerprint density at radius 1 is 1.24 bits per heavy atom. The Bertz CT molecular complexity index is 1090. The second-order valence-electron chi connectivity index (χ2n) is 8.71. The van der Waals surface area contributed by atoms with Gasteiger partial charge in [-0.3, -0.25) is 5.73 Å². The molecular formula is C22H23F3N4O5. The largest absolute Gasteiger partial charge is 0.491 e. The minimum Gasteiger partial charge on any atom is -0.490 e. The quantitative estimate of drug-likeness (QED) is 0.504. The van der Waals surface area contributed by atoms with E-state index in [1.807, 2.05) is 12.1 Å². The van der Waals surface area contributed by atoms with Gasteiger partial charge in [0.15, 0.2) is 0 Å². The van der Waals surface area contributed by atoms with Crippen LogP contribution >= 0.6 is 0 Å². The molecule has 2 fully saturated rings. The van der Waals surface area contributed by atoms with E-state index in [1.165, 1.54) is 6.33 Å². The molecule has 1 aliphatic carbocycles. The number of halogens is 3. The van der Waals surface area contributed by atoms with Gasteiger partial charge in [-0.05, 0) is 37.0 Å². The molecule has 5 atom stereocenters. The van der Waals surface area contributed by atoms with Gasteiger partial charge in [-0.2, -0.15) is 13.2 Å². The molecule has 1 aromatic carbocycles. The second kappa shape index (κ2) is 8.15. The summed E-state index contributed by atoms with van der Waals surface area (Å²) in [4.78, 5) is 19.6. The number of rotatable bonds is 3. The lowest BCUT2D eigenvalue weighted by Gasteiger charge is -2.50. The van der Waals surface area contributed by atoms with Gasteiger partial charge in [0, 0.05) is 36.5 Å². The summed E-state index contributed by atoms with van der Waals surface area (Å²) in [6.45, 7) is -0.142. The maximum atomic E-state index is 12.9. The number of nitrogens with two attached hydrogens (primary N) is 1. The fraction of sp³-hybridized carbons (Fsp3) is 0.500. The van der Waals surface area contributed by atoms with Crippen molar-refractivity contribution in [2.75, 3.05) is 13.7 Å². The Kier molecular flexibility index (Phi) is 5.51. The number of alkyl halides is 3. The summed E-state index contributed by atoms with van der Waals surface area (Å²) in [7, 11) is 1.61. The maximum Gasteiger partial charge on any atom is 0.491 e. The lowest BCUT2D eigenvalue weighted by Crippen LogP contribution is -2.64. The molecule has 3 aliphatic rings. The molecule has 3 heterocycles. The number of aromatic nitrogens is 2. The smallest absolute Gasteiger partial charge is 0.490 e. The molecule has 2 unspecified atom stereocenters. The summed E-state index contributed by atoms with van der Waals surface area (Å²) in [6.07, 6.45) is 1.10. The van der Waals surface area contributed by atoms with Crippen LogP contribution < -0.4 is 15.8 Å². The first-order valence-corrected chi connectivity index (χ1v) is 10.8. The van der Waals surface area contributed by atoms with Gasteiger partial charge < -0.3 is 18.9 Å². The van der Waals surface area contributed by atoms with Gasteiger partial charge >= 0.3 is 18.2 Å². The number of nitrogens with zero attached hydrogens (tertiary/aromatic N) is 2. The van der Waals surface area contributed by atoms with Gasteiger partial charge in [0.1, 0.15) is 18.2 Å². The molecule has 0 radical (unpaired) electrons. The number of carbonyl (C=O) groups excluding carboxylic acids is 1. The molecule has 34 heavy (non-hydrogen) atoms. The van der Waals surface area contributed by atoms with E-state index in [0.29, 0.717) is 24.2 Å². The summed E-state index contributed by atoms with van der Waals surface area (Å²) in [5.41, 5.74) is 7.03. The van der Waals surface area contributed by atoms with E-state index in [-0.39, 0.29) is 24.7 Å². The Labute approximate surface area is 192 Å². The minimum atomic E-state index is -5.23. The third-order valence-corrected chi connectivity index (χ3v) is 6.72. The van der Waals surface area contributed by atoms with Crippen molar-refractivity contribution in [3.63, 3.8) is 0 Å². The van der Waals surface area contributed by atoms with Crippen LogP contribution in [0.2, 0.25) is 0 Å². The van der Waals surface area contributed by atoms with Gasteiger partial charge in [-0.15, -0.1) is 0 Å². The fourth-order valence-corrected chi connectivity index (χ4v) is 5.15. The summed E-state index contributed by atoms with van der Waals surface area (Å²) in [5, 5.41) is 2.91. The van der Waals surface area contributed by atoms with Crippen LogP contribution in [0.15, 0.2) is 36.9 Å². The highest BCUT2D eigenvalue weighted by atomic mass is 19.4. The molecule has 1 spiro atoms. The van der Waals surface area contributed by atoms with Crippen molar-refractivity contribution in [2.24, 2.45) is 11.7 Å². The van der Waals surface area contributed by atoms with E-state index >= 15 is 0 Å². The number of fused-ring (bicyclic) bond motifs is 4. The highest BCUT2D eigenvalue weighted by Gasteiger charge is 2.61. The average Bonchev–Trinajstić information content (AvgIpc) is 3.16. The molecule has 182 valence electrons. The third-order valence-electron chi connectivity index (χ3n) is 6.72. The highest BCUT2D eigenvalue weighted by molar-refractivity contribution is 5.76. The number of benzene rings is 1. The van der Waals surface area contributed by atoms with Crippen molar-refractivity contribution in [3.8, 4) is 16.9 Å². The number of ether oxygens (including phenoxy) is 4. The number of hydrogen-bond acceptors (Lipinski definition) is 9. The SMILES string of the molecule is CO[C@H]1CC[C@@H]2Oc3ccc(-c4cncnc4)cc3C3(COC(N)(OC(=O)C(F)(F)F)N3)[C@H]2C1. The summed E-state index contributed by atoms with van der Waals surface area (Å²) in [6, 6.07) is 3.01. The van der Waals surface area contributed by atoms with E-state index in [4.69, 9.17) is 19.9 Å². The zero-order valence-corrected chi connectivity index (χ0v) is 18.2. The molecule has 1 saturated carbocycles. The van der Waals surface area contributed by atoms with Crippen LogP contribution in [0.4, 0.5) is 13.2 Å². The molecule has 3 N–H and O–H groups in total. The Balaban J connectivity index is 1.58.